The van der Waals surface area contributed by atoms with E-state index < -0.39 is 0 Å². The zero-order valence-corrected chi connectivity index (χ0v) is 13.4. The number of nitrogens with one attached hydrogen (secondary N) is 1. The first kappa shape index (κ1) is 15.7. The molecule has 1 amide bonds. The summed E-state index contributed by atoms with van der Waals surface area (Å²) in [4.78, 5) is 28.7. The van der Waals surface area contributed by atoms with Crippen LogP contribution >= 0.6 is 0 Å². The predicted molar refractivity (Wildman–Crippen MR) is 90.5 cm³/mol. The highest BCUT2D eigenvalue weighted by atomic mass is 16.2. The first-order valence-corrected chi connectivity index (χ1v) is 7.47. The van der Waals surface area contributed by atoms with Gasteiger partial charge in [0.15, 0.2) is 5.82 Å². The van der Waals surface area contributed by atoms with Gasteiger partial charge in [-0.25, -0.2) is 9.48 Å². The first-order chi connectivity index (χ1) is 11.6. The number of amides is 1. The summed E-state index contributed by atoms with van der Waals surface area (Å²) in [7, 11) is 1.61. The fraction of sp³-hybridized carbons (Fsp3) is 0.176. The van der Waals surface area contributed by atoms with Gasteiger partial charge < -0.3 is 5.32 Å². The summed E-state index contributed by atoms with van der Waals surface area (Å²) in [6.45, 7) is 1.75. The van der Waals surface area contributed by atoms with Crippen LogP contribution in [0.2, 0.25) is 0 Å². The minimum absolute atomic E-state index is 0.159. The van der Waals surface area contributed by atoms with Gasteiger partial charge >= 0.3 is 5.69 Å². The van der Waals surface area contributed by atoms with Crippen molar-refractivity contribution in [2.75, 3.05) is 5.32 Å². The molecule has 7 nitrogen and oxygen atoms in total. The third kappa shape index (κ3) is 3.10. The van der Waals surface area contributed by atoms with Crippen LogP contribution in [0.3, 0.4) is 0 Å². The Labute approximate surface area is 138 Å². The van der Waals surface area contributed by atoms with Crippen molar-refractivity contribution < 1.29 is 4.79 Å². The summed E-state index contributed by atoms with van der Waals surface area (Å²) < 4.78 is 2.51. The number of para-hydroxylation sites is 1. The third-order valence-corrected chi connectivity index (χ3v) is 3.65. The van der Waals surface area contributed by atoms with Gasteiger partial charge in [0.05, 0.1) is 0 Å². The lowest BCUT2D eigenvalue weighted by Crippen LogP contribution is -2.29. The molecule has 0 aliphatic rings. The first-order valence-electron chi connectivity index (χ1n) is 7.47. The van der Waals surface area contributed by atoms with Crippen LogP contribution in [-0.2, 0) is 18.4 Å². The minimum atomic E-state index is -0.365. The molecule has 0 saturated heterocycles. The van der Waals surface area contributed by atoms with Crippen molar-refractivity contribution in [3.05, 3.63) is 64.7 Å². The molecule has 3 aromatic rings. The molecular weight excluding hydrogens is 306 g/mol. The molecule has 7 heteroatoms. The lowest BCUT2D eigenvalue weighted by atomic mass is 10.2. The quantitative estimate of drug-likeness (QED) is 0.790. The second-order valence-corrected chi connectivity index (χ2v) is 5.40. The maximum Gasteiger partial charge on any atom is 0.346 e. The molecule has 0 unspecified atom stereocenters. The molecule has 0 aliphatic carbocycles. The monoisotopic (exact) mass is 323 g/mol. The number of nitrogens with zero attached hydrogens (tertiary/aromatic N) is 4. The highest BCUT2D eigenvalue weighted by Crippen LogP contribution is 2.13. The molecule has 122 valence electrons. The average molecular weight is 323 g/mol. The van der Waals surface area contributed by atoms with Crippen molar-refractivity contribution in [1.29, 1.82) is 0 Å². The van der Waals surface area contributed by atoms with Crippen LogP contribution in [0.25, 0.3) is 11.5 Å². The zero-order chi connectivity index (χ0) is 17.1. The summed E-state index contributed by atoms with van der Waals surface area (Å²) in [5, 5.41) is 7.02. The number of anilines is 1. The molecular formula is C17H17N5O2. The highest BCUT2D eigenvalue weighted by Gasteiger charge is 2.15. The van der Waals surface area contributed by atoms with Crippen LogP contribution in [0.15, 0.2) is 53.5 Å². The Morgan fingerprint density at radius 2 is 1.92 bits per heavy atom. The van der Waals surface area contributed by atoms with Gasteiger partial charge in [-0.3, -0.25) is 14.3 Å². The summed E-state index contributed by atoms with van der Waals surface area (Å²) >= 11 is 0. The van der Waals surface area contributed by atoms with E-state index in [1.54, 1.807) is 25.4 Å². The highest BCUT2D eigenvalue weighted by molar-refractivity contribution is 5.91. The number of carbonyl (C=O) groups is 1. The number of hydrogen-bond donors (Lipinski definition) is 1. The van der Waals surface area contributed by atoms with Crippen LogP contribution < -0.4 is 11.0 Å². The van der Waals surface area contributed by atoms with Gasteiger partial charge in [0.25, 0.3) is 0 Å². The van der Waals surface area contributed by atoms with Crippen LogP contribution in [-0.4, -0.2) is 25.2 Å². The summed E-state index contributed by atoms with van der Waals surface area (Å²) in [6.07, 6.45) is 1.63. The van der Waals surface area contributed by atoms with Crippen molar-refractivity contribution in [3.63, 3.8) is 0 Å². The van der Waals surface area contributed by atoms with Gasteiger partial charge in [0.1, 0.15) is 12.2 Å². The van der Waals surface area contributed by atoms with Crippen molar-refractivity contribution in [2.45, 2.75) is 13.5 Å². The van der Waals surface area contributed by atoms with E-state index in [2.05, 4.69) is 15.4 Å². The van der Waals surface area contributed by atoms with Crippen LogP contribution in [0.4, 0.5) is 5.69 Å². The molecule has 1 aromatic carbocycles. The van der Waals surface area contributed by atoms with Crippen molar-refractivity contribution in [2.24, 2.45) is 7.05 Å². The minimum Gasteiger partial charge on any atom is -0.324 e. The standard InChI is InChI=1S/C17H17N5O2/c1-12-7-3-4-8-13(12)19-15(23)11-22-17(24)21(2)16(20-22)14-9-5-6-10-18-14/h3-10H,11H2,1-2H3,(H,19,23). The largest absolute Gasteiger partial charge is 0.346 e. The van der Waals surface area contributed by atoms with E-state index in [0.29, 0.717) is 11.5 Å². The Balaban J connectivity index is 1.82. The topological polar surface area (TPSA) is 81.8 Å². The molecule has 3 rings (SSSR count). The number of rotatable bonds is 4. The Hall–Kier alpha value is -3.22. The molecule has 0 saturated carbocycles. The van der Waals surface area contributed by atoms with E-state index in [1.807, 2.05) is 37.3 Å². The number of pyridine rings is 1. The second-order valence-electron chi connectivity index (χ2n) is 5.40. The van der Waals surface area contributed by atoms with Crippen LogP contribution in [0, 0.1) is 6.92 Å². The Bertz CT molecular complexity index is 928. The maximum absolute atomic E-state index is 12.3. The number of benzene rings is 1. The molecule has 0 spiro atoms. The fourth-order valence-electron chi connectivity index (χ4n) is 2.35. The Morgan fingerprint density at radius 3 is 2.62 bits per heavy atom. The lowest BCUT2D eigenvalue weighted by molar-refractivity contribution is -0.117. The molecule has 0 aliphatic heterocycles. The molecule has 0 bridgehead atoms. The van der Waals surface area contributed by atoms with Crippen molar-refractivity contribution >= 4 is 11.6 Å². The van der Waals surface area contributed by atoms with E-state index in [1.165, 1.54) is 4.57 Å². The average Bonchev–Trinajstić information content (AvgIpc) is 2.86. The van der Waals surface area contributed by atoms with Gasteiger partial charge in [0, 0.05) is 18.9 Å². The van der Waals surface area contributed by atoms with Gasteiger partial charge in [-0.05, 0) is 30.7 Å². The van der Waals surface area contributed by atoms with Gasteiger partial charge in [0.2, 0.25) is 5.91 Å². The molecule has 0 radical (unpaired) electrons. The van der Waals surface area contributed by atoms with Crippen molar-refractivity contribution in [3.8, 4) is 11.5 Å². The van der Waals surface area contributed by atoms with E-state index in [-0.39, 0.29) is 18.1 Å². The predicted octanol–water partition coefficient (Wildman–Crippen LogP) is 1.59. The number of aryl methyl sites for hydroxylation is 1. The van der Waals surface area contributed by atoms with E-state index in [9.17, 15) is 9.59 Å². The molecule has 2 aromatic heterocycles. The number of hydrogen-bond acceptors (Lipinski definition) is 4. The Morgan fingerprint density at radius 1 is 1.17 bits per heavy atom. The van der Waals surface area contributed by atoms with E-state index in [4.69, 9.17) is 0 Å². The van der Waals surface area contributed by atoms with Crippen molar-refractivity contribution in [1.82, 2.24) is 19.3 Å². The zero-order valence-electron chi connectivity index (χ0n) is 13.4. The van der Waals surface area contributed by atoms with Gasteiger partial charge in [-0.1, -0.05) is 24.3 Å². The summed E-state index contributed by atoms with van der Waals surface area (Å²) in [5.41, 5.74) is 1.88. The third-order valence-electron chi connectivity index (χ3n) is 3.65. The maximum atomic E-state index is 12.3. The molecule has 2 heterocycles. The molecule has 0 atom stereocenters. The SMILES string of the molecule is Cc1ccccc1NC(=O)Cn1nc(-c2ccccn2)n(C)c1=O. The van der Waals surface area contributed by atoms with E-state index >= 15 is 0 Å². The number of carbonyl (C=O) groups excluding carboxylic acids is 1. The summed E-state index contributed by atoms with van der Waals surface area (Å²) in [5.74, 6) is 0.112. The smallest absolute Gasteiger partial charge is 0.324 e. The van der Waals surface area contributed by atoms with E-state index in [0.717, 1.165) is 15.9 Å². The van der Waals surface area contributed by atoms with Crippen LogP contribution in [0.5, 0.6) is 0 Å². The van der Waals surface area contributed by atoms with Gasteiger partial charge in [-0.15, -0.1) is 5.10 Å². The normalized spacial score (nSPS) is 10.6. The molecule has 0 fully saturated rings. The second kappa shape index (κ2) is 6.49. The summed E-state index contributed by atoms with van der Waals surface area (Å²) in [6, 6.07) is 12.8. The Kier molecular flexibility index (Phi) is 4.24. The number of aromatic nitrogens is 4. The van der Waals surface area contributed by atoms with Crippen LogP contribution in [0.1, 0.15) is 5.56 Å². The molecule has 1 N–H and O–H groups in total. The van der Waals surface area contributed by atoms with Gasteiger partial charge in [-0.2, -0.15) is 0 Å². The molecule has 24 heavy (non-hydrogen) atoms. The fourth-order valence-corrected chi connectivity index (χ4v) is 2.35. The lowest BCUT2D eigenvalue weighted by Gasteiger charge is -2.07.